The number of para-hydroxylation sites is 1. The number of benzene rings is 2. The Balaban J connectivity index is 1.82. The lowest BCUT2D eigenvalue weighted by molar-refractivity contribution is -0.122. The number of halogens is 1. The molecule has 0 aliphatic carbocycles. The number of hydrogen-bond donors (Lipinski definition) is 1. The molecule has 2 aromatic rings. The first-order chi connectivity index (χ1) is 11.5. The third-order valence-corrected chi connectivity index (χ3v) is 5.00. The van der Waals surface area contributed by atoms with Gasteiger partial charge in [0.1, 0.15) is 5.75 Å². The van der Waals surface area contributed by atoms with Crippen molar-refractivity contribution in [1.29, 1.82) is 0 Å². The van der Waals surface area contributed by atoms with Crippen LogP contribution >= 0.6 is 39.9 Å². The number of carbonyl (C=O) groups excluding carboxylic acids is 1. The van der Waals surface area contributed by atoms with E-state index < -0.39 is 0 Å². The largest absolute Gasteiger partial charge is 0.507 e. The normalized spacial score (nSPS) is 16.5. The SMILES string of the molecule is O=C1/C(=C\c2ccc(Br)cc2)SC(=S)N1/N=C/c1ccccc1O. The van der Waals surface area contributed by atoms with Crippen LogP contribution in [-0.2, 0) is 4.79 Å². The Morgan fingerprint density at radius 2 is 1.88 bits per heavy atom. The minimum absolute atomic E-state index is 0.0945. The molecule has 0 bridgehead atoms. The highest BCUT2D eigenvalue weighted by Crippen LogP contribution is 2.33. The van der Waals surface area contributed by atoms with Gasteiger partial charge in [0.05, 0.1) is 11.1 Å². The summed E-state index contributed by atoms with van der Waals surface area (Å²) in [5.74, 6) is -0.184. The highest BCUT2D eigenvalue weighted by molar-refractivity contribution is 9.10. The Labute approximate surface area is 157 Å². The number of phenols is 1. The van der Waals surface area contributed by atoms with E-state index in [1.807, 2.05) is 24.3 Å². The molecule has 0 radical (unpaired) electrons. The van der Waals surface area contributed by atoms with Crippen molar-refractivity contribution in [1.82, 2.24) is 5.01 Å². The smallest absolute Gasteiger partial charge is 0.286 e. The molecule has 1 aliphatic heterocycles. The molecule has 1 heterocycles. The summed E-state index contributed by atoms with van der Waals surface area (Å²) in [6.45, 7) is 0. The molecule has 1 fully saturated rings. The zero-order chi connectivity index (χ0) is 17.1. The second-order valence-electron chi connectivity index (χ2n) is 4.85. The predicted molar refractivity (Wildman–Crippen MR) is 105 cm³/mol. The molecule has 1 N–H and O–H groups in total. The molecule has 1 amide bonds. The molecule has 3 rings (SSSR count). The number of nitrogens with zero attached hydrogens (tertiary/aromatic N) is 2. The van der Waals surface area contributed by atoms with Crippen molar-refractivity contribution in [3.63, 3.8) is 0 Å². The van der Waals surface area contributed by atoms with Gasteiger partial charge in [-0.25, -0.2) is 0 Å². The van der Waals surface area contributed by atoms with E-state index in [1.54, 1.807) is 30.3 Å². The van der Waals surface area contributed by atoms with Crippen LogP contribution in [0.4, 0.5) is 0 Å². The fraction of sp³-hybridized carbons (Fsp3) is 0. The quantitative estimate of drug-likeness (QED) is 0.456. The number of thioether (sulfide) groups is 1. The zero-order valence-corrected chi connectivity index (χ0v) is 15.4. The number of carbonyl (C=O) groups is 1. The van der Waals surface area contributed by atoms with E-state index in [2.05, 4.69) is 21.0 Å². The minimum atomic E-state index is -0.278. The number of thiocarbonyl (C=S) groups is 1. The highest BCUT2D eigenvalue weighted by atomic mass is 79.9. The molecule has 0 unspecified atom stereocenters. The van der Waals surface area contributed by atoms with Crippen molar-refractivity contribution in [2.75, 3.05) is 0 Å². The molecular formula is C17H11BrN2O2S2. The van der Waals surface area contributed by atoms with Gasteiger partial charge >= 0.3 is 0 Å². The molecule has 120 valence electrons. The number of hydrogen-bond acceptors (Lipinski definition) is 5. The molecule has 7 heteroatoms. The maximum Gasteiger partial charge on any atom is 0.286 e. The number of rotatable bonds is 3. The van der Waals surface area contributed by atoms with Gasteiger partial charge in [0.15, 0.2) is 4.32 Å². The van der Waals surface area contributed by atoms with E-state index in [9.17, 15) is 9.90 Å². The Hall–Kier alpha value is -1.96. The molecule has 1 saturated heterocycles. The van der Waals surface area contributed by atoms with Gasteiger partial charge in [0.25, 0.3) is 5.91 Å². The topological polar surface area (TPSA) is 52.9 Å². The summed E-state index contributed by atoms with van der Waals surface area (Å²) in [5, 5.41) is 15.0. The summed E-state index contributed by atoms with van der Waals surface area (Å²) in [4.78, 5) is 13.0. The summed E-state index contributed by atoms with van der Waals surface area (Å²) in [5.41, 5.74) is 1.42. The van der Waals surface area contributed by atoms with Crippen LogP contribution in [0.2, 0.25) is 0 Å². The second-order valence-corrected chi connectivity index (χ2v) is 7.44. The monoisotopic (exact) mass is 418 g/mol. The first-order valence-corrected chi connectivity index (χ1v) is 8.92. The third-order valence-electron chi connectivity index (χ3n) is 3.19. The molecule has 0 aromatic heterocycles. The second kappa shape index (κ2) is 7.29. The van der Waals surface area contributed by atoms with Crippen molar-refractivity contribution >= 4 is 62.4 Å². The van der Waals surface area contributed by atoms with Crippen molar-refractivity contribution in [3.05, 3.63) is 69.0 Å². The number of phenolic OH excluding ortho intramolecular Hbond substituents is 1. The molecule has 2 aromatic carbocycles. The van der Waals surface area contributed by atoms with Crippen LogP contribution in [0, 0.1) is 0 Å². The molecule has 4 nitrogen and oxygen atoms in total. The van der Waals surface area contributed by atoms with Gasteiger partial charge in [-0.2, -0.15) is 10.1 Å². The number of amides is 1. The first kappa shape index (κ1) is 16.9. The highest BCUT2D eigenvalue weighted by Gasteiger charge is 2.32. The standard InChI is InChI=1S/C17H11BrN2O2S2/c18-13-7-5-11(6-8-13)9-15-16(22)20(17(23)24-15)19-10-12-3-1-2-4-14(12)21/h1-10,21H/b15-9+,19-10+. The van der Waals surface area contributed by atoms with Crippen molar-refractivity contribution in [3.8, 4) is 5.75 Å². The average Bonchev–Trinajstić information content (AvgIpc) is 2.83. The minimum Gasteiger partial charge on any atom is -0.507 e. The van der Waals surface area contributed by atoms with Crippen LogP contribution in [0.3, 0.4) is 0 Å². The van der Waals surface area contributed by atoms with Gasteiger partial charge < -0.3 is 5.11 Å². The Morgan fingerprint density at radius 3 is 2.58 bits per heavy atom. The van der Waals surface area contributed by atoms with Crippen LogP contribution in [-0.4, -0.2) is 26.6 Å². The summed E-state index contributed by atoms with van der Waals surface area (Å²) in [6.07, 6.45) is 3.20. The molecule has 1 aliphatic rings. The number of aromatic hydroxyl groups is 1. The van der Waals surface area contributed by atoms with Gasteiger partial charge in [-0.05, 0) is 48.1 Å². The van der Waals surface area contributed by atoms with E-state index in [0.717, 1.165) is 15.0 Å². The number of hydrazone groups is 1. The predicted octanol–water partition coefficient (Wildman–Crippen LogP) is 4.39. The summed E-state index contributed by atoms with van der Waals surface area (Å²) < 4.78 is 1.33. The first-order valence-electron chi connectivity index (χ1n) is 6.90. The van der Waals surface area contributed by atoms with Gasteiger partial charge in [-0.3, -0.25) is 4.79 Å². The van der Waals surface area contributed by atoms with E-state index in [1.165, 1.54) is 18.0 Å². The van der Waals surface area contributed by atoms with Crippen LogP contribution in [0.5, 0.6) is 5.75 Å². The Kier molecular flexibility index (Phi) is 5.13. The van der Waals surface area contributed by atoms with Crippen molar-refractivity contribution in [2.45, 2.75) is 0 Å². The van der Waals surface area contributed by atoms with Gasteiger partial charge in [-0.15, -0.1) is 0 Å². The molecular weight excluding hydrogens is 408 g/mol. The molecule has 0 saturated carbocycles. The lowest BCUT2D eigenvalue weighted by atomic mass is 10.2. The van der Waals surface area contributed by atoms with Crippen LogP contribution in [0.25, 0.3) is 6.08 Å². The molecule has 0 atom stereocenters. The maximum absolute atomic E-state index is 12.5. The van der Waals surface area contributed by atoms with Crippen molar-refractivity contribution < 1.29 is 9.90 Å². The third kappa shape index (κ3) is 3.75. The molecule has 0 spiro atoms. The van der Waals surface area contributed by atoms with E-state index in [4.69, 9.17) is 12.2 Å². The van der Waals surface area contributed by atoms with Gasteiger partial charge in [0, 0.05) is 10.0 Å². The van der Waals surface area contributed by atoms with E-state index in [-0.39, 0.29) is 11.7 Å². The fourth-order valence-corrected chi connectivity index (χ4v) is 3.42. The van der Waals surface area contributed by atoms with Crippen LogP contribution in [0.1, 0.15) is 11.1 Å². The zero-order valence-electron chi connectivity index (χ0n) is 12.2. The van der Waals surface area contributed by atoms with Crippen LogP contribution in [0.15, 0.2) is 63.0 Å². The lowest BCUT2D eigenvalue weighted by Gasteiger charge is -2.06. The summed E-state index contributed by atoms with van der Waals surface area (Å²) >= 11 is 9.80. The van der Waals surface area contributed by atoms with E-state index in [0.29, 0.717) is 14.8 Å². The van der Waals surface area contributed by atoms with Crippen LogP contribution < -0.4 is 0 Å². The Morgan fingerprint density at radius 1 is 1.17 bits per heavy atom. The lowest BCUT2D eigenvalue weighted by Crippen LogP contribution is -2.22. The molecule has 24 heavy (non-hydrogen) atoms. The van der Waals surface area contributed by atoms with Gasteiger partial charge in [-0.1, -0.05) is 52.0 Å². The fourth-order valence-electron chi connectivity index (χ4n) is 1.99. The Bertz CT molecular complexity index is 863. The van der Waals surface area contributed by atoms with Crippen molar-refractivity contribution in [2.24, 2.45) is 5.10 Å². The average molecular weight is 419 g/mol. The maximum atomic E-state index is 12.5. The summed E-state index contributed by atoms with van der Waals surface area (Å²) in [6, 6.07) is 14.4. The van der Waals surface area contributed by atoms with E-state index >= 15 is 0 Å². The van der Waals surface area contributed by atoms with Gasteiger partial charge in [0.2, 0.25) is 0 Å². The summed E-state index contributed by atoms with van der Waals surface area (Å²) in [7, 11) is 0.